The van der Waals surface area contributed by atoms with Gasteiger partial charge in [-0.2, -0.15) is 0 Å². The molecular formula is C21H44N+. The fraction of sp³-hybridized carbons (Fsp3) is 0.905. The number of nitrogens with zero attached hydrogens (tertiary/aromatic N) is 1. The summed E-state index contributed by atoms with van der Waals surface area (Å²) in [5, 5.41) is 0. The lowest BCUT2D eigenvalue weighted by atomic mass is 10.0. The Balaban J connectivity index is 3.40. The van der Waals surface area contributed by atoms with E-state index in [1.165, 1.54) is 101 Å². The van der Waals surface area contributed by atoms with Gasteiger partial charge in [0, 0.05) is 0 Å². The van der Waals surface area contributed by atoms with Crippen LogP contribution in [0.4, 0.5) is 0 Å². The SMILES string of the molecule is C=CC[N+](CC)(CC)CCCCCCCCCCCCCC. The van der Waals surface area contributed by atoms with Gasteiger partial charge >= 0.3 is 0 Å². The highest BCUT2D eigenvalue weighted by Gasteiger charge is 2.20. The molecule has 0 atom stereocenters. The Morgan fingerprint density at radius 1 is 0.636 bits per heavy atom. The van der Waals surface area contributed by atoms with Gasteiger partial charge in [-0.25, -0.2) is 0 Å². The number of likely N-dealkylation sites (N-methyl/N-ethyl adjacent to an activating group) is 1. The van der Waals surface area contributed by atoms with Crippen molar-refractivity contribution in [2.75, 3.05) is 26.2 Å². The number of unbranched alkanes of at least 4 members (excludes halogenated alkanes) is 11. The Labute approximate surface area is 141 Å². The second-order valence-electron chi connectivity index (χ2n) is 7.06. The monoisotopic (exact) mass is 310 g/mol. The first-order valence-electron chi connectivity index (χ1n) is 10.2. The molecule has 0 aliphatic heterocycles. The van der Waals surface area contributed by atoms with Gasteiger partial charge in [-0.15, -0.1) is 0 Å². The van der Waals surface area contributed by atoms with Crippen LogP contribution < -0.4 is 0 Å². The zero-order valence-corrected chi connectivity index (χ0v) is 16.0. The molecule has 0 aromatic heterocycles. The van der Waals surface area contributed by atoms with Crippen LogP contribution in [0.25, 0.3) is 0 Å². The molecule has 0 spiro atoms. The van der Waals surface area contributed by atoms with E-state index >= 15 is 0 Å². The molecule has 0 unspecified atom stereocenters. The summed E-state index contributed by atoms with van der Waals surface area (Å²) in [5.41, 5.74) is 0. The van der Waals surface area contributed by atoms with Crippen molar-refractivity contribution in [3.05, 3.63) is 12.7 Å². The number of hydrogen-bond donors (Lipinski definition) is 0. The van der Waals surface area contributed by atoms with Gasteiger partial charge in [0.2, 0.25) is 0 Å². The zero-order chi connectivity index (χ0) is 16.5. The van der Waals surface area contributed by atoms with Crippen molar-refractivity contribution in [2.24, 2.45) is 0 Å². The molecule has 0 N–H and O–H groups in total. The minimum absolute atomic E-state index is 1.14. The van der Waals surface area contributed by atoms with Crippen molar-refractivity contribution in [3.8, 4) is 0 Å². The number of rotatable bonds is 17. The Morgan fingerprint density at radius 3 is 1.41 bits per heavy atom. The summed E-state index contributed by atoms with van der Waals surface area (Å²) >= 11 is 0. The Kier molecular flexibility index (Phi) is 15.4. The van der Waals surface area contributed by atoms with Crippen molar-refractivity contribution in [3.63, 3.8) is 0 Å². The average molecular weight is 311 g/mol. The van der Waals surface area contributed by atoms with Crippen LogP contribution in [0.2, 0.25) is 0 Å². The predicted octanol–water partition coefficient (Wildman–Crippen LogP) is 6.73. The van der Waals surface area contributed by atoms with E-state index in [-0.39, 0.29) is 0 Å². The topological polar surface area (TPSA) is 0 Å². The van der Waals surface area contributed by atoms with Gasteiger partial charge in [0.1, 0.15) is 0 Å². The molecule has 1 nitrogen and oxygen atoms in total. The van der Waals surface area contributed by atoms with Crippen molar-refractivity contribution in [1.29, 1.82) is 0 Å². The average Bonchev–Trinajstić information content (AvgIpc) is 2.55. The molecule has 0 aliphatic rings. The van der Waals surface area contributed by atoms with Crippen LogP contribution in [0, 0.1) is 0 Å². The van der Waals surface area contributed by atoms with E-state index in [2.05, 4.69) is 33.4 Å². The van der Waals surface area contributed by atoms with Gasteiger partial charge in [0.15, 0.2) is 0 Å². The molecule has 0 heterocycles. The van der Waals surface area contributed by atoms with Crippen molar-refractivity contribution in [1.82, 2.24) is 0 Å². The molecule has 0 amide bonds. The minimum Gasteiger partial charge on any atom is -0.321 e. The quantitative estimate of drug-likeness (QED) is 0.159. The summed E-state index contributed by atoms with van der Waals surface area (Å²) in [5.74, 6) is 0. The standard InChI is InChI=1S/C21H44N/c1-5-9-10-11-12-13-14-15-16-17-18-19-21-22(7-3,8-4)20-6-2/h6H,2,5,7-21H2,1,3-4H3/q+1. The molecule has 0 rings (SSSR count). The third kappa shape index (κ3) is 11.3. The van der Waals surface area contributed by atoms with E-state index in [1.54, 1.807) is 0 Å². The Hall–Kier alpha value is -0.300. The lowest BCUT2D eigenvalue weighted by molar-refractivity contribution is -0.919. The molecule has 0 saturated heterocycles. The Morgan fingerprint density at radius 2 is 1.05 bits per heavy atom. The Bertz CT molecular complexity index is 230. The van der Waals surface area contributed by atoms with Gasteiger partial charge in [-0.3, -0.25) is 0 Å². The highest BCUT2D eigenvalue weighted by Crippen LogP contribution is 2.14. The maximum atomic E-state index is 3.94. The van der Waals surface area contributed by atoms with E-state index in [0.29, 0.717) is 0 Å². The number of hydrogen-bond acceptors (Lipinski definition) is 0. The summed E-state index contributed by atoms with van der Waals surface area (Å²) in [7, 11) is 0. The van der Waals surface area contributed by atoms with E-state index in [1.807, 2.05) is 0 Å². The molecule has 0 radical (unpaired) electrons. The van der Waals surface area contributed by atoms with E-state index in [4.69, 9.17) is 0 Å². The molecular weight excluding hydrogens is 266 g/mol. The van der Waals surface area contributed by atoms with Crippen molar-refractivity contribution >= 4 is 0 Å². The molecule has 0 bridgehead atoms. The molecule has 0 aromatic rings. The minimum atomic E-state index is 1.14. The van der Waals surface area contributed by atoms with Crippen LogP contribution in [0.15, 0.2) is 12.7 Å². The van der Waals surface area contributed by atoms with E-state index < -0.39 is 0 Å². The molecule has 0 aliphatic carbocycles. The lowest BCUT2D eigenvalue weighted by Crippen LogP contribution is -2.48. The van der Waals surface area contributed by atoms with E-state index in [0.717, 1.165) is 6.54 Å². The maximum absolute atomic E-state index is 3.94. The molecule has 132 valence electrons. The molecule has 22 heavy (non-hydrogen) atoms. The highest BCUT2D eigenvalue weighted by atomic mass is 15.3. The maximum Gasteiger partial charge on any atom is 0.0970 e. The van der Waals surface area contributed by atoms with Crippen molar-refractivity contribution in [2.45, 2.75) is 97.8 Å². The van der Waals surface area contributed by atoms with Crippen LogP contribution in [0.3, 0.4) is 0 Å². The van der Waals surface area contributed by atoms with Gasteiger partial charge in [0.25, 0.3) is 0 Å². The van der Waals surface area contributed by atoms with Gasteiger partial charge < -0.3 is 4.48 Å². The first-order valence-corrected chi connectivity index (χ1v) is 10.2. The second-order valence-corrected chi connectivity index (χ2v) is 7.06. The normalized spacial score (nSPS) is 11.8. The predicted molar refractivity (Wildman–Crippen MR) is 102 cm³/mol. The molecule has 0 aromatic carbocycles. The van der Waals surface area contributed by atoms with Gasteiger partial charge in [-0.1, -0.05) is 77.7 Å². The summed E-state index contributed by atoms with van der Waals surface area (Å²) < 4.78 is 1.24. The van der Waals surface area contributed by atoms with Gasteiger partial charge in [-0.05, 0) is 32.8 Å². The van der Waals surface area contributed by atoms with Crippen LogP contribution >= 0.6 is 0 Å². The smallest absolute Gasteiger partial charge is 0.0970 e. The summed E-state index contributed by atoms with van der Waals surface area (Å²) in [6, 6.07) is 0. The molecule has 0 fully saturated rings. The first-order chi connectivity index (χ1) is 10.7. The third-order valence-electron chi connectivity index (χ3n) is 5.34. The van der Waals surface area contributed by atoms with E-state index in [9.17, 15) is 0 Å². The van der Waals surface area contributed by atoms with Crippen LogP contribution in [-0.2, 0) is 0 Å². The first kappa shape index (κ1) is 21.7. The zero-order valence-electron chi connectivity index (χ0n) is 16.0. The van der Waals surface area contributed by atoms with Gasteiger partial charge in [0.05, 0.1) is 26.2 Å². The van der Waals surface area contributed by atoms with Crippen LogP contribution in [-0.4, -0.2) is 30.7 Å². The summed E-state index contributed by atoms with van der Waals surface area (Å²) in [6.07, 6.45) is 19.4. The largest absolute Gasteiger partial charge is 0.321 e. The van der Waals surface area contributed by atoms with Crippen LogP contribution in [0.1, 0.15) is 97.8 Å². The third-order valence-corrected chi connectivity index (χ3v) is 5.34. The molecule has 1 heteroatoms. The summed E-state index contributed by atoms with van der Waals surface area (Å²) in [4.78, 5) is 0. The second kappa shape index (κ2) is 15.6. The van der Waals surface area contributed by atoms with Crippen molar-refractivity contribution < 1.29 is 4.48 Å². The molecule has 0 saturated carbocycles. The number of quaternary nitrogens is 1. The highest BCUT2D eigenvalue weighted by molar-refractivity contribution is 4.66. The fourth-order valence-corrected chi connectivity index (χ4v) is 3.45. The fourth-order valence-electron chi connectivity index (χ4n) is 3.45. The lowest BCUT2D eigenvalue weighted by Gasteiger charge is -2.36. The summed E-state index contributed by atoms with van der Waals surface area (Å²) in [6.45, 7) is 15.9. The van der Waals surface area contributed by atoms with Crippen LogP contribution in [0.5, 0.6) is 0 Å².